The molecular weight excluding hydrogens is 426 g/mol. The molecule has 5 aromatic rings. The molecule has 0 aliphatic rings. The summed E-state index contributed by atoms with van der Waals surface area (Å²) in [4.78, 5) is 26.4. The van der Waals surface area contributed by atoms with Crippen molar-refractivity contribution >= 4 is 28.6 Å². The van der Waals surface area contributed by atoms with Crippen LogP contribution in [0.2, 0.25) is 0 Å². The molecule has 0 saturated heterocycles. The average molecular weight is 443 g/mol. The number of benzene rings is 1. The molecule has 1 N–H and O–H groups in total. The molecule has 0 aliphatic heterocycles. The van der Waals surface area contributed by atoms with Gasteiger partial charge in [0.15, 0.2) is 0 Å². The van der Waals surface area contributed by atoms with Crippen molar-refractivity contribution in [2.45, 2.75) is 13.8 Å². The Morgan fingerprint density at radius 2 is 1.88 bits per heavy atom. The zero-order chi connectivity index (χ0) is 22.1. The van der Waals surface area contributed by atoms with Crippen molar-refractivity contribution in [2.75, 3.05) is 5.32 Å². The number of thiazole rings is 1. The molecule has 0 saturated carbocycles. The Morgan fingerprint density at radius 3 is 2.66 bits per heavy atom. The van der Waals surface area contributed by atoms with Gasteiger partial charge in [0.05, 0.1) is 11.4 Å². The molecule has 1 amide bonds. The molecule has 10 heteroatoms. The highest BCUT2D eigenvalue weighted by atomic mass is 32.1. The second-order valence-electron chi connectivity index (χ2n) is 6.90. The topological polar surface area (TPSA) is 107 Å². The molecule has 0 spiro atoms. The van der Waals surface area contributed by atoms with Crippen LogP contribution in [-0.4, -0.2) is 35.5 Å². The summed E-state index contributed by atoms with van der Waals surface area (Å²) < 4.78 is 7.66. The van der Waals surface area contributed by atoms with Crippen LogP contribution in [0.15, 0.2) is 61.1 Å². The minimum Gasteiger partial charge on any atom is -0.436 e. The van der Waals surface area contributed by atoms with E-state index in [1.165, 1.54) is 11.3 Å². The Labute approximate surface area is 186 Å². The van der Waals surface area contributed by atoms with Crippen molar-refractivity contribution in [1.29, 1.82) is 0 Å². The van der Waals surface area contributed by atoms with Crippen LogP contribution in [0, 0.1) is 13.8 Å². The molecule has 9 nitrogen and oxygen atoms in total. The van der Waals surface area contributed by atoms with Gasteiger partial charge in [0.1, 0.15) is 21.5 Å². The lowest BCUT2D eigenvalue weighted by atomic mass is 10.3. The number of aryl methyl sites for hydroxylation is 2. The minimum atomic E-state index is -0.221. The Bertz CT molecular complexity index is 1410. The zero-order valence-electron chi connectivity index (χ0n) is 17.2. The monoisotopic (exact) mass is 443 g/mol. The first-order valence-electron chi connectivity index (χ1n) is 9.73. The van der Waals surface area contributed by atoms with E-state index >= 15 is 0 Å². The van der Waals surface area contributed by atoms with Gasteiger partial charge in [-0.1, -0.05) is 6.07 Å². The number of hydrogen-bond acceptors (Lipinski definition) is 8. The van der Waals surface area contributed by atoms with E-state index in [4.69, 9.17) is 4.74 Å². The number of pyridine rings is 1. The zero-order valence-corrected chi connectivity index (χ0v) is 18.0. The molecule has 0 atom stereocenters. The summed E-state index contributed by atoms with van der Waals surface area (Å²) >= 11 is 1.31. The summed E-state index contributed by atoms with van der Waals surface area (Å²) in [5.74, 6) is 1.44. The number of fused-ring (bicyclic) bond motifs is 1. The fraction of sp³-hybridized carbons (Fsp3) is 0.0909. The number of carbonyl (C=O) groups excluding carboxylic acids is 1. The number of amides is 1. The molecule has 0 bridgehead atoms. The molecule has 0 radical (unpaired) electrons. The van der Waals surface area contributed by atoms with Crippen LogP contribution in [-0.2, 0) is 0 Å². The van der Waals surface area contributed by atoms with E-state index in [0.29, 0.717) is 38.5 Å². The Hall–Kier alpha value is -4.18. The lowest BCUT2D eigenvalue weighted by Gasteiger charge is -2.07. The first-order valence-corrected chi connectivity index (χ1v) is 10.5. The SMILES string of the molecule is Cc1nc(-c2ccccn2)sc1C(=O)Nc1ccc(Oc2nccn3c(C)nnc23)cc1. The van der Waals surface area contributed by atoms with E-state index in [1.54, 1.807) is 47.3 Å². The van der Waals surface area contributed by atoms with Gasteiger partial charge in [-0.3, -0.25) is 14.2 Å². The highest BCUT2D eigenvalue weighted by molar-refractivity contribution is 7.17. The summed E-state index contributed by atoms with van der Waals surface area (Å²) in [6.45, 7) is 3.67. The fourth-order valence-corrected chi connectivity index (χ4v) is 4.04. The number of aromatic nitrogens is 6. The molecule has 158 valence electrons. The normalized spacial score (nSPS) is 10.9. The van der Waals surface area contributed by atoms with E-state index in [-0.39, 0.29) is 5.91 Å². The number of hydrogen-bond donors (Lipinski definition) is 1. The van der Waals surface area contributed by atoms with Gasteiger partial charge in [0.2, 0.25) is 5.65 Å². The van der Waals surface area contributed by atoms with Gasteiger partial charge >= 0.3 is 0 Å². The van der Waals surface area contributed by atoms with E-state index in [9.17, 15) is 4.79 Å². The van der Waals surface area contributed by atoms with Crippen molar-refractivity contribution in [3.05, 3.63) is 77.5 Å². The van der Waals surface area contributed by atoms with Crippen LogP contribution >= 0.6 is 11.3 Å². The maximum atomic E-state index is 12.8. The van der Waals surface area contributed by atoms with Crippen molar-refractivity contribution in [1.82, 2.24) is 29.5 Å². The predicted molar refractivity (Wildman–Crippen MR) is 120 cm³/mol. The van der Waals surface area contributed by atoms with E-state index in [1.807, 2.05) is 32.0 Å². The predicted octanol–water partition coefficient (Wildman–Crippen LogP) is 4.30. The third-order valence-electron chi connectivity index (χ3n) is 4.68. The summed E-state index contributed by atoms with van der Waals surface area (Å²) in [6, 6.07) is 12.6. The minimum absolute atomic E-state index is 0.221. The second-order valence-corrected chi connectivity index (χ2v) is 7.90. The average Bonchev–Trinajstić information content (AvgIpc) is 3.39. The van der Waals surface area contributed by atoms with Gasteiger partial charge in [0.25, 0.3) is 11.8 Å². The molecule has 0 fully saturated rings. The van der Waals surface area contributed by atoms with Crippen molar-refractivity contribution in [2.24, 2.45) is 0 Å². The van der Waals surface area contributed by atoms with Crippen LogP contribution in [0.25, 0.3) is 16.3 Å². The largest absolute Gasteiger partial charge is 0.436 e. The standard InChI is InChI=1S/C22H17N7O2S/c1-13-18(32-22(25-13)17-5-3-4-10-23-17)20(30)26-15-6-8-16(9-7-15)31-21-19-28-27-14(2)29(19)12-11-24-21/h3-12H,1-2H3,(H,26,30). The molecule has 5 rings (SSSR count). The molecular formula is C22H17N7O2S. The summed E-state index contributed by atoms with van der Waals surface area (Å²) in [5.41, 5.74) is 2.58. The van der Waals surface area contributed by atoms with Crippen molar-refractivity contribution in [3.63, 3.8) is 0 Å². The van der Waals surface area contributed by atoms with Gasteiger partial charge in [-0.2, -0.15) is 0 Å². The lowest BCUT2D eigenvalue weighted by Crippen LogP contribution is -2.11. The Balaban J connectivity index is 1.31. The number of rotatable bonds is 5. The summed E-state index contributed by atoms with van der Waals surface area (Å²) in [6.07, 6.45) is 5.11. The number of anilines is 1. The van der Waals surface area contributed by atoms with Crippen LogP contribution in [0.4, 0.5) is 5.69 Å². The smallest absolute Gasteiger partial charge is 0.267 e. The molecule has 0 aliphatic carbocycles. The van der Waals surface area contributed by atoms with Gasteiger partial charge in [0, 0.05) is 24.3 Å². The first-order chi connectivity index (χ1) is 15.6. The molecule has 0 unspecified atom stereocenters. The van der Waals surface area contributed by atoms with Crippen molar-refractivity contribution in [3.8, 4) is 22.3 Å². The van der Waals surface area contributed by atoms with E-state index in [0.717, 1.165) is 11.5 Å². The number of nitrogens with zero attached hydrogens (tertiary/aromatic N) is 6. The first kappa shape index (κ1) is 19.8. The Morgan fingerprint density at radius 1 is 1.03 bits per heavy atom. The van der Waals surface area contributed by atoms with E-state index < -0.39 is 0 Å². The van der Waals surface area contributed by atoms with Crippen molar-refractivity contribution < 1.29 is 9.53 Å². The lowest BCUT2D eigenvalue weighted by molar-refractivity contribution is 0.103. The molecule has 4 heterocycles. The third-order valence-corrected chi connectivity index (χ3v) is 5.86. The Kier molecular flexibility index (Phi) is 5.04. The van der Waals surface area contributed by atoms with Crippen LogP contribution in [0.1, 0.15) is 21.2 Å². The maximum Gasteiger partial charge on any atom is 0.267 e. The van der Waals surface area contributed by atoms with Crippen LogP contribution < -0.4 is 10.1 Å². The van der Waals surface area contributed by atoms with Gasteiger partial charge < -0.3 is 10.1 Å². The quantitative estimate of drug-likeness (QED) is 0.431. The number of nitrogens with one attached hydrogen (secondary N) is 1. The van der Waals surface area contributed by atoms with Gasteiger partial charge in [-0.25, -0.2) is 9.97 Å². The van der Waals surface area contributed by atoms with Gasteiger partial charge in [-0.15, -0.1) is 21.5 Å². The highest BCUT2D eigenvalue weighted by Crippen LogP contribution is 2.28. The maximum absolute atomic E-state index is 12.8. The van der Waals surface area contributed by atoms with Gasteiger partial charge in [-0.05, 0) is 50.2 Å². The summed E-state index contributed by atoms with van der Waals surface area (Å²) in [5, 5.41) is 11.7. The second kappa shape index (κ2) is 8.16. The fourth-order valence-electron chi connectivity index (χ4n) is 3.10. The molecule has 4 aromatic heterocycles. The number of carbonyl (C=O) groups is 1. The van der Waals surface area contributed by atoms with Crippen LogP contribution in [0.5, 0.6) is 11.6 Å². The third kappa shape index (κ3) is 3.79. The molecule has 1 aromatic carbocycles. The number of ether oxygens (including phenoxy) is 1. The summed E-state index contributed by atoms with van der Waals surface area (Å²) in [7, 11) is 0. The van der Waals surface area contributed by atoms with Crippen LogP contribution in [0.3, 0.4) is 0 Å². The van der Waals surface area contributed by atoms with E-state index in [2.05, 4.69) is 30.5 Å². The highest BCUT2D eigenvalue weighted by Gasteiger charge is 2.17. The molecule has 32 heavy (non-hydrogen) atoms.